The SMILES string of the molecule is CNCc1sc(N2CCSCC2S(C)(=O)=O)nc1C1CC1. The van der Waals surface area contributed by atoms with Gasteiger partial charge in [-0.15, -0.1) is 11.3 Å². The number of anilines is 1. The molecule has 1 saturated heterocycles. The van der Waals surface area contributed by atoms with E-state index in [4.69, 9.17) is 4.98 Å². The van der Waals surface area contributed by atoms with Gasteiger partial charge in [-0.3, -0.25) is 0 Å². The van der Waals surface area contributed by atoms with Crippen molar-refractivity contribution in [1.82, 2.24) is 10.3 Å². The highest BCUT2D eigenvalue weighted by molar-refractivity contribution is 8.01. The third-order valence-corrected chi connectivity index (χ3v) is 7.59. The van der Waals surface area contributed by atoms with E-state index in [0.29, 0.717) is 11.7 Å². The number of hydrogen-bond acceptors (Lipinski definition) is 7. The van der Waals surface area contributed by atoms with Gasteiger partial charge in [-0.1, -0.05) is 0 Å². The van der Waals surface area contributed by atoms with E-state index >= 15 is 0 Å². The second-order valence-corrected chi connectivity index (χ2v) is 10.1. The minimum Gasteiger partial charge on any atom is -0.329 e. The van der Waals surface area contributed by atoms with Gasteiger partial charge in [-0.25, -0.2) is 13.4 Å². The van der Waals surface area contributed by atoms with E-state index in [0.717, 1.165) is 24.0 Å². The molecule has 1 aromatic heterocycles. The maximum Gasteiger partial charge on any atom is 0.186 e. The monoisotopic (exact) mass is 347 g/mol. The molecule has 2 heterocycles. The first kappa shape index (κ1) is 15.6. The Labute approximate surface area is 134 Å². The Hall–Kier alpha value is -0.310. The highest BCUT2D eigenvalue weighted by Crippen LogP contribution is 2.44. The average molecular weight is 348 g/mol. The van der Waals surface area contributed by atoms with Crippen LogP contribution in [-0.2, 0) is 16.4 Å². The lowest BCUT2D eigenvalue weighted by Gasteiger charge is -2.33. The van der Waals surface area contributed by atoms with Crippen LogP contribution in [0.4, 0.5) is 5.13 Å². The number of thioether (sulfide) groups is 1. The third kappa shape index (κ3) is 3.38. The number of rotatable bonds is 5. The molecule has 118 valence electrons. The normalized spacial score (nSPS) is 23.5. The van der Waals surface area contributed by atoms with Crippen LogP contribution in [0, 0.1) is 0 Å². The van der Waals surface area contributed by atoms with Gasteiger partial charge in [0.15, 0.2) is 15.0 Å². The van der Waals surface area contributed by atoms with Crippen LogP contribution in [0.1, 0.15) is 29.3 Å². The molecule has 5 nitrogen and oxygen atoms in total. The number of nitrogens with zero attached hydrogens (tertiary/aromatic N) is 2. The van der Waals surface area contributed by atoms with Gasteiger partial charge in [-0.2, -0.15) is 11.8 Å². The molecule has 0 amide bonds. The summed E-state index contributed by atoms with van der Waals surface area (Å²) in [5, 5.41) is 3.65. The second-order valence-electron chi connectivity index (χ2n) is 5.66. The number of aromatic nitrogens is 1. The standard InChI is InChI=1S/C13H21N3O2S3/c1-14-7-10-12(9-3-4-9)15-13(20-10)16-5-6-19-8-11(16)21(2,17)18/h9,11,14H,3-8H2,1-2H3. The molecule has 1 unspecified atom stereocenters. The Bertz CT molecular complexity index is 610. The summed E-state index contributed by atoms with van der Waals surface area (Å²) in [5.74, 6) is 2.19. The van der Waals surface area contributed by atoms with Crippen LogP contribution in [0.3, 0.4) is 0 Å². The molecule has 3 rings (SSSR count). The van der Waals surface area contributed by atoms with E-state index in [9.17, 15) is 8.42 Å². The Morgan fingerprint density at radius 2 is 2.19 bits per heavy atom. The lowest BCUT2D eigenvalue weighted by Crippen LogP contribution is -2.47. The molecule has 2 fully saturated rings. The summed E-state index contributed by atoms with van der Waals surface area (Å²) in [6.45, 7) is 1.58. The Balaban J connectivity index is 1.92. The fraction of sp³-hybridized carbons (Fsp3) is 0.769. The van der Waals surface area contributed by atoms with E-state index < -0.39 is 15.2 Å². The summed E-state index contributed by atoms with van der Waals surface area (Å²) in [6, 6.07) is 0. The quantitative estimate of drug-likeness (QED) is 0.874. The summed E-state index contributed by atoms with van der Waals surface area (Å²) in [6.07, 6.45) is 3.76. The van der Waals surface area contributed by atoms with Crippen LogP contribution in [0.25, 0.3) is 0 Å². The zero-order valence-electron chi connectivity index (χ0n) is 12.3. The first-order valence-electron chi connectivity index (χ1n) is 7.18. The Morgan fingerprint density at radius 1 is 1.43 bits per heavy atom. The minimum atomic E-state index is -3.09. The van der Waals surface area contributed by atoms with Crippen molar-refractivity contribution in [3.63, 3.8) is 0 Å². The number of sulfone groups is 1. The summed E-state index contributed by atoms with van der Waals surface area (Å²) in [7, 11) is -1.15. The molecule has 1 atom stereocenters. The maximum atomic E-state index is 12.0. The summed E-state index contributed by atoms with van der Waals surface area (Å²) in [5.41, 5.74) is 1.19. The highest BCUT2D eigenvalue weighted by atomic mass is 32.2. The zero-order valence-corrected chi connectivity index (χ0v) is 14.8. The molecule has 1 N–H and O–H groups in total. The fourth-order valence-corrected chi connectivity index (χ4v) is 6.71. The molecule has 0 spiro atoms. The minimum absolute atomic E-state index is 0.433. The fourth-order valence-electron chi connectivity index (χ4n) is 2.59. The third-order valence-electron chi connectivity index (χ3n) is 3.84. The first-order valence-corrected chi connectivity index (χ1v) is 11.1. The van der Waals surface area contributed by atoms with Crippen molar-refractivity contribution in [3.05, 3.63) is 10.6 Å². The summed E-state index contributed by atoms with van der Waals surface area (Å²) < 4.78 is 24.1. The van der Waals surface area contributed by atoms with Crippen molar-refractivity contribution in [2.24, 2.45) is 0 Å². The van der Waals surface area contributed by atoms with Gasteiger partial charge in [0, 0.05) is 41.6 Å². The number of nitrogens with one attached hydrogen (secondary N) is 1. The number of hydrogen-bond donors (Lipinski definition) is 1. The molecule has 2 aliphatic rings. The van der Waals surface area contributed by atoms with E-state index in [2.05, 4.69) is 5.32 Å². The number of thiazole rings is 1. The molecule has 0 aromatic carbocycles. The second kappa shape index (κ2) is 6.06. The van der Waals surface area contributed by atoms with Gasteiger partial charge in [0.1, 0.15) is 5.37 Å². The van der Waals surface area contributed by atoms with Gasteiger partial charge in [0.25, 0.3) is 0 Å². The van der Waals surface area contributed by atoms with Crippen LogP contribution in [-0.4, -0.2) is 50.1 Å². The van der Waals surface area contributed by atoms with Crippen molar-refractivity contribution in [3.8, 4) is 0 Å². The molecule has 8 heteroatoms. The molecular formula is C13H21N3O2S3. The summed E-state index contributed by atoms with van der Waals surface area (Å²) in [4.78, 5) is 8.07. The lowest BCUT2D eigenvalue weighted by molar-refractivity contribution is 0.584. The van der Waals surface area contributed by atoms with Crippen molar-refractivity contribution < 1.29 is 8.42 Å². The summed E-state index contributed by atoms with van der Waals surface area (Å²) >= 11 is 3.37. The first-order chi connectivity index (χ1) is 10.0. The molecule has 1 aromatic rings. The van der Waals surface area contributed by atoms with Crippen molar-refractivity contribution in [1.29, 1.82) is 0 Å². The Kier molecular flexibility index (Phi) is 4.50. The van der Waals surface area contributed by atoms with Gasteiger partial charge < -0.3 is 10.2 Å². The molecular weight excluding hydrogens is 326 g/mol. The zero-order chi connectivity index (χ0) is 15.0. The van der Waals surface area contributed by atoms with Gasteiger partial charge in [0.2, 0.25) is 0 Å². The predicted molar refractivity (Wildman–Crippen MR) is 90.2 cm³/mol. The van der Waals surface area contributed by atoms with Gasteiger partial charge in [-0.05, 0) is 19.9 Å². The van der Waals surface area contributed by atoms with Crippen LogP contribution in [0.5, 0.6) is 0 Å². The highest BCUT2D eigenvalue weighted by Gasteiger charge is 2.35. The van der Waals surface area contributed by atoms with Crippen molar-refractivity contribution in [2.75, 3.05) is 36.3 Å². The van der Waals surface area contributed by atoms with Crippen LogP contribution >= 0.6 is 23.1 Å². The predicted octanol–water partition coefficient (Wildman–Crippen LogP) is 1.66. The molecule has 1 aliphatic carbocycles. The van der Waals surface area contributed by atoms with E-state index in [-0.39, 0.29) is 0 Å². The van der Waals surface area contributed by atoms with Gasteiger partial charge >= 0.3 is 0 Å². The lowest BCUT2D eigenvalue weighted by atomic mass is 10.2. The largest absolute Gasteiger partial charge is 0.329 e. The Morgan fingerprint density at radius 3 is 2.81 bits per heavy atom. The van der Waals surface area contributed by atoms with Crippen LogP contribution in [0.15, 0.2) is 0 Å². The van der Waals surface area contributed by atoms with E-state index in [1.54, 1.807) is 23.1 Å². The van der Waals surface area contributed by atoms with Crippen molar-refractivity contribution in [2.45, 2.75) is 30.7 Å². The topological polar surface area (TPSA) is 62.3 Å². The van der Waals surface area contributed by atoms with Gasteiger partial charge in [0.05, 0.1) is 5.69 Å². The molecule has 0 radical (unpaired) electrons. The molecule has 1 saturated carbocycles. The molecule has 21 heavy (non-hydrogen) atoms. The van der Waals surface area contributed by atoms with Crippen molar-refractivity contribution >= 4 is 38.1 Å². The smallest absolute Gasteiger partial charge is 0.186 e. The van der Waals surface area contributed by atoms with E-state index in [1.807, 2.05) is 11.9 Å². The van der Waals surface area contributed by atoms with Crippen LogP contribution in [0.2, 0.25) is 0 Å². The maximum absolute atomic E-state index is 12.0. The van der Waals surface area contributed by atoms with Crippen LogP contribution < -0.4 is 10.2 Å². The average Bonchev–Trinajstić information content (AvgIpc) is 3.20. The molecule has 0 bridgehead atoms. The van der Waals surface area contributed by atoms with E-state index in [1.165, 1.54) is 29.7 Å². The molecule has 1 aliphatic heterocycles.